The standard InChI is InChI=1S/C13H26N2O3/c1-18-11-9-15(8-10-16)13(17)6-5-12-4-2-3-7-14-12/h12,14,16H,2-11H2,1H3. The number of amides is 1. The van der Waals surface area contributed by atoms with E-state index in [1.165, 1.54) is 19.3 Å². The smallest absolute Gasteiger partial charge is 0.222 e. The molecule has 5 nitrogen and oxygen atoms in total. The summed E-state index contributed by atoms with van der Waals surface area (Å²) in [7, 11) is 1.62. The second kappa shape index (κ2) is 9.30. The molecule has 0 aliphatic carbocycles. The average molecular weight is 258 g/mol. The minimum absolute atomic E-state index is 0.0110. The van der Waals surface area contributed by atoms with E-state index < -0.39 is 0 Å². The van der Waals surface area contributed by atoms with Gasteiger partial charge >= 0.3 is 0 Å². The number of methoxy groups -OCH3 is 1. The van der Waals surface area contributed by atoms with E-state index in [-0.39, 0.29) is 12.5 Å². The van der Waals surface area contributed by atoms with Gasteiger partial charge in [0.1, 0.15) is 0 Å². The van der Waals surface area contributed by atoms with Gasteiger partial charge in [0.25, 0.3) is 0 Å². The number of ether oxygens (including phenoxy) is 1. The molecule has 1 atom stereocenters. The molecule has 1 unspecified atom stereocenters. The lowest BCUT2D eigenvalue weighted by Crippen LogP contribution is -2.38. The molecule has 0 spiro atoms. The maximum Gasteiger partial charge on any atom is 0.222 e. The zero-order chi connectivity index (χ0) is 13.2. The lowest BCUT2D eigenvalue weighted by Gasteiger charge is -2.25. The number of hydrogen-bond acceptors (Lipinski definition) is 4. The molecule has 0 aromatic heterocycles. The summed E-state index contributed by atoms with van der Waals surface area (Å²) >= 11 is 0. The van der Waals surface area contributed by atoms with Crippen molar-refractivity contribution in [2.24, 2.45) is 0 Å². The fraction of sp³-hybridized carbons (Fsp3) is 0.923. The maximum absolute atomic E-state index is 12.0. The zero-order valence-electron chi connectivity index (χ0n) is 11.4. The van der Waals surface area contributed by atoms with Crippen molar-refractivity contribution < 1.29 is 14.6 Å². The topological polar surface area (TPSA) is 61.8 Å². The van der Waals surface area contributed by atoms with Crippen LogP contribution in [0.25, 0.3) is 0 Å². The molecule has 1 aliphatic rings. The quantitative estimate of drug-likeness (QED) is 0.660. The first-order valence-corrected chi connectivity index (χ1v) is 6.89. The van der Waals surface area contributed by atoms with Crippen molar-refractivity contribution >= 4 is 5.91 Å². The number of aliphatic hydroxyl groups excluding tert-OH is 1. The predicted molar refractivity (Wildman–Crippen MR) is 70.4 cm³/mol. The van der Waals surface area contributed by atoms with Crippen LogP contribution in [0, 0.1) is 0 Å². The van der Waals surface area contributed by atoms with Crippen molar-refractivity contribution in [3.63, 3.8) is 0 Å². The molecule has 1 heterocycles. The van der Waals surface area contributed by atoms with Crippen LogP contribution in [0.3, 0.4) is 0 Å². The van der Waals surface area contributed by atoms with Crippen LogP contribution in [0.2, 0.25) is 0 Å². The maximum atomic E-state index is 12.0. The van der Waals surface area contributed by atoms with Crippen LogP contribution in [0.5, 0.6) is 0 Å². The van der Waals surface area contributed by atoms with Crippen LogP contribution in [0.15, 0.2) is 0 Å². The number of carbonyl (C=O) groups excluding carboxylic acids is 1. The van der Waals surface area contributed by atoms with Crippen molar-refractivity contribution in [3.8, 4) is 0 Å². The Hall–Kier alpha value is -0.650. The molecule has 1 rings (SSSR count). The van der Waals surface area contributed by atoms with Crippen molar-refractivity contribution in [2.45, 2.75) is 38.1 Å². The predicted octanol–water partition coefficient (Wildman–Crippen LogP) is 0.376. The summed E-state index contributed by atoms with van der Waals surface area (Å²) in [5.41, 5.74) is 0. The largest absolute Gasteiger partial charge is 0.395 e. The second-order valence-corrected chi connectivity index (χ2v) is 4.78. The molecule has 106 valence electrons. The number of nitrogens with one attached hydrogen (secondary N) is 1. The van der Waals surface area contributed by atoms with E-state index in [1.54, 1.807) is 12.0 Å². The van der Waals surface area contributed by atoms with Gasteiger partial charge in [-0.15, -0.1) is 0 Å². The molecule has 0 bridgehead atoms. The Morgan fingerprint density at radius 3 is 2.89 bits per heavy atom. The number of aliphatic hydroxyl groups is 1. The van der Waals surface area contributed by atoms with Crippen LogP contribution >= 0.6 is 0 Å². The van der Waals surface area contributed by atoms with Gasteiger partial charge in [-0.1, -0.05) is 6.42 Å². The van der Waals surface area contributed by atoms with Gasteiger partial charge in [0.2, 0.25) is 5.91 Å². The number of hydrogen-bond donors (Lipinski definition) is 2. The summed E-state index contributed by atoms with van der Waals surface area (Å²) in [4.78, 5) is 13.7. The van der Waals surface area contributed by atoms with Crippen LogP contribution in [0.1, 0.15) is 32.1 Å². The molecule has 0 radical (unpaired) electrons. The molecule has 1 fully saturated rings. The fourth-order valence-electron chi connectivity index (χ4n) is 2.31. The van der Waals surface area contributed by atoms with E-state index in [0.29, 0.717) is 32.2 Å². The Balaban J connectivity index is 2.26. The van der Waals surface area contributed by atoms with Crippen LogP contribution in [-0.4, -0.2) is 61.9 Å². The van der Waals surface area contributed by atoms with Crippen molar-refractivity contribution in [1.82, 2.24) is 10.2 Å². The lowest BCUT2D eigenvalue weighted by molar-refractivity contribution is -0.132. The van der Waals surface area contributed by atoms with Crippen molar-refractivity contribution in [1.29, 1.82) is 0 Å². The minimum Gasteiger partial charge on any atom is -0.395 e. The molecule has 5 heteroatoms. The normalized spacial score (nSPS) is 19.8. The highest BCUT2D eigenvalue weighted by atomic mass is 16.5. The third-order valence-corrected chi connectivity index (χ3v) is 3.41. The molecule has 1 amide bonds. The number of carbonyl (C=O) groups is 1. The Kier molecular flexibility index (Phi) is 7.96. The summed E-state index contributed by atoms with van der Waals surface area (Å²) in [6, 6.07) is 0.487. The Morgan fingerprint density at radius 1 is 1.44 bits per heavy atom. The first-order valence-electron chi connectivity index (χ1n) is 6.89. The van der Waals surface area contributed by atoms with E-state index in [0.717, 1.165) is 13.0 Å². The monoisotopic (exact) mass is 258 g/mol. The van der Waals surface area contributed by atoms with Crippen LogP contribution in [-0.2, 0) is 9.53 Å². The highest BCUT2D eigenvalue weighted by Gasteiger charge is 2.17. The van der Waals surface area contributed by atoms with Crippen LogP contribution < -0.4 is 5.32 Å². The molecule has 2 N–H and O–H groups in total. The van der Waals surface area contributed by atoms with Gasteiger partial charge in [0, 0.05) is 32.7 Å². The van der Waals surface area contributed by atoms with Crippen molar-refractivity contribution in [3.05, 3.63) is 0 Å². The summed E-state index contributed by atoms with van der Waals surface area (Å²) < 4.78 is 4.98. The van der Waals surface area contributed by atoms with Gasteiger partial charge in [0.15, 0.2) is 0 Å². The van der Waals surface area contributed by atoms with E-state index >= 15 is 0 Å². The first kappa shape index (κ1) is 15.4. The second-order valence-electron chi connectivity index (χ2n) is 4.78. The van der Waals surface area contributed by atoms with Gasteiger partial charge in [-0.2, -0.15) is 0 Å². The fourth-order valence-corrected chi connectivity index (χ4v) is 2.31. The van der Waals surface area contributed by atoms with E-state index in [2.05, 4.69) is 5.32 Å². The third-order valence-electron chi connectivity index (χ3n) is 3.41. The van der Waals surface area contributed by atoms with E-state index in [1.807, 2.05) is 0 Å². The molecular weight excluding hydrogens is 232 g/mol. The van der Waals surface area contributed by atoms with Gasteiger partial charge in [-0.25, -0.2) is 0 Å². The molecule has 0 aromatic carbocycles. The summed E-state index contributed by atoms with van der Waals surface area (Å²) in [6.07, 6.45) is 5.13. The summed E-state index contributed by atoms with van der Waals surface area (Å²) in [6.45, 7) is 2.57. The van der Waals surface area contributed by atoms with Gasteiger partial charge in [0.05, 0.1) is 13.2 Å². The number of rotatable bonds is 8. The first-order chi connectivity index (χ1) is 8.77. The van der Waals surface area contributed by atoms with Gasteiger partial charge < -0.3 is 20.1 Å². The lowest BCUT2D eigenvalue weighted by atomic mass is 10.0. The third kappa shape index (κ3) is 5.80. The van der Waals surface area contributed by atoms with E-state index in [9.17, 15) is 4.79 Å². The molecule has 0 saturated carbocycles. The Morgan fingerprint density at radius 2 is 2.28 bits per heavy atom. The zero-order valence-corrected chi connectivity index (χ0v) is 11.4. The molecule has 1 saturated heterocycles. The molecule has 1 aliphatic heterocycles. The van der Waals surface area contributed by atoms with E-state index in [4.69, 9.17) is 9.84 Å². The Labute approximate surface area is 109 Å². The molecule has 18 heavy (non-hydrogen) atoms. The van der Waals surface area contributed by atoms with Crippen LogP contribution in [0.4, 0.5) is 0 Å². The highest BCUT2D eigenvalue weighted by molar-refractivity contribution is 5.76. The van der Waals surface area contributed by atoms with Gasteiger partial charge in [-0.05, 0) is 25.8 Å². The van der Waals surface area contributed by atoms with Crippen molar-refractivity contribution in [2.75, 3.05) is 40.0 Å². The summed E-state index contributed by atoms with van der Waals surface area (Å²) in [5, 5.41) is 12.4. The average Bonchev–Trinajstić information content (AvgIpc) is 2.42. The Bertz CT molecular complexity index is 230. The highest BCUT2D eigenvalue weighted by Crippen LogP contribution is 2.12. The van der Waals surface area contributed by atoms with Gasteiger partial charge in [-0.3, -0.25) is 4.79 Å². The number of nitrogens with zero attached hydrogens (tertiary/aromatic N) is 1. The molecule has 0 aromatic rings. The number of piperidine rings is 1. The SMILES string of the molecule is COCCN(CCO)C(=O)CCC1CCCCN1. The summed E-state index contributed by atoms with van der Waals surface area (Å²) in [5.74, 6) is 0.119. The minimum atomic E-state index is 0.0110. The molecular formula is C13H26N2O3.